The van der Waals surface area contributed by atoms with Crippen LogP contribution in [0.15, 0.2) is 23.0 Å². The number of pyridine rings is 2. The number of esters is 1. The van der Waals surface area contributed by atoms with Crippen LogP contribution in [0.1, 0.15) is 41.2 Å². The Morgan fingerprint density at radius 2 is 2.00 bits per heavy atom. The van der Waals surface area contributed by atoms with Gasteiger partial charge < -0.3 is 24.9 Å². The molecule has 1 unspecified atom stereocenters. The van der Waals surface area contributed by atoms with Crippen LogP contribution in [0.5, 0.6) is 5.75 Å². The maximum Gasteiger partial charge on any atom is 0.343 e. The summed E-state index contributed by atoms with van der Waals surface area (Å²) in [5.41, 5.74) is 10.2. The standard InChI is InChI=1S/C24H23N3O5.ClH/c1-3-24(30)16-8-18-21-14(9-27(18)22(28)15(16)10-32-23(24)29)12-6-11(25)7-13-19(31-2)5-4-17(26-21)20(12)13;/h4-5,8,11,30H,3,6-7,9-10,25H2,1-2H3;1H/t11?,24-;/m0./s1. The summed E-state index contributed by atoms with van der Waals surface area (Å²) in [7, 11) is 1.65. The van der Waals surface area contributed by atoms with E-state index >= 15 is 0 Å². The lowest BCUT2D eigenvalue weighted by molar-refractivity contribution is -0.172. The van der Waals surface area contributed by atoms with Crippen molar-refractivity contribution in [3.8, 4) is 17.1 Å². The van der Waals surface area contributed by atoms with Crippen LogP contribution in [0.25, 0.3) is 22.3 Å². The van der Waals surface area contributed by atoms with Gasteiger partial charge in [-0.15, -0.1) is 12.4 Å². The van der Waals surface area contributed by atoms with E-state index in [4.69, 9.17) is 20.2 Å². The van der Waals surface area contributed by atoms with E-state index in [-0.39, 0.29) is 37.0 Å². The molecule has 0 spiro atoms. The fourth-order valence-corrected chi connectivity index (χ4v) is 5.54. The fourth-order valence-electron chi connectivity index (χ4n) is 5.54. The second kappa shape index (κ2) is 7.28. The molecule has 2 atom stereocenters. The first-order valence-corrected chi connectivity index (χ1v) is 10.8. The highest BCUT2D eigenvalue weighted by molar-refractivity contribution is 5.93. The minimum absolute atomic E-state index is 0. The smallest absolute Gasteiger partial charge is 0.343 e. The van der Waals surface area contributed by atoms with Crippen LogP contribution in [0.4, 0.5) is 0 Å². The number of benzene rings is 1. The average Bonchev–Trinajstić information content (AvgIpc) is 3.16. The van der Waals surface area contributed by atoms with E-state index in [1.165, 1.54) is 0 Å². The minimum Gasteiger partial charge on any atom is -0.496 e. The highest BCUT2D eigenvalue weighted by Gasteiger charge is 2.45. The van der Waals surface area contributed by atoms with Gasteiger partial charge in [0.15, 0.2) is 5.60 Å². The molecule has 9 heteroatoms. The molecular weight excluding hydrogens is 446 g/mol. The number of cyclic esters (lactones) is 1. The quantitative estimate of drug-likeness (QED) is 0.431. The predicted molar refractivity (Wildman–Crippen MR) is 124 cm³/mol. The zero-order valence-electron chi connectivity index (χ0n) is 18.3. The van der Waals surface area contributed by atoms with Gasteiger partial charge in [-0.3, -0.25) is 4.79 Å². The topological polar surface area (TPSA) is 117 Å². The molecule has 3 N–H and O–H groups in total. The third kappa shape index (κ3) is 2.74. The van der Waals surface area contributed by atoms with Gasteiger partial charge in [-0.25, -0.2) is 9.78 Å². The monoisotopic (exact) mass is 469 g/mol. The molecule has 2 aromatic heterocycles. The number of carbonyl (C=O) groups is 1. The van der Waals surface area contributed by atoms with Crippen molar-refractivity contribution in [1.29, 1.82) is 0 Å². The van der Waals surface area contributed by atoms with Crippen LogP contribution in [0, 0.1) is 0 Å². The Labute approximate surface area is 195 Å². The maximum atomic E-state index is 13.4. The molecule has 0 fully saturated rings. The third-order valence-electron chi connectivity index (χ3n) is 7.19. The summed E-state index contributed by atoms with van der Waals surface area (Å²) in [4.78, 5) is 30.7. The molecule has 2 aliphatic heterocycles. The number of methoxy groups -OCH3 is 1. The van der Waals surface area contributed by atoms with Crippen molar-refractivity contribution in [3.63, 3.8) is 0 Å². The first-order chi connectivity index (χ1) is 15.4. The SMILES string of the molecule is CC[C@@]1(O)C(=O)OCc2c1cc1n(c2=O)Cc2c-1nc1ccc(OC)c3c1c2CC(N)C3.Cl. The van der Waals surface area contributed by atoms with Crippen molar-refractivity contribution in [1.82, 2.24) is 9.55 Å². The number of nitrogens with two attached hydrogens (primary N) is 1. The molecule has 3 aliphatic rings. The number of aliphatic hydroxyl groups is 1. The van der Waals surface area contributed by atoms with Crippen molar-refractivity contribution in [3.05, 3.63) is 56.4 Å². The van der Waals surface area contributed by atoms with Gasteiger partial charge in [0.1, 0.15) is 12.4 Å². The van der Waals surface area contributed by atoms with Gasteiger partial charge in [0.2, 0.25) is 0 Å². The Morgan fingerprint density at radius 3 is 2.73 bits per heavy atom. The highest BCUT2D eigenvalue weighted by Crippen LogP contribution is 2.43. The van der Waals surface area contributed by atoms with Crippen molar-refractivity contribution < 1.29 is 19.4 Å². The molecule has 33 heavy (non-hydrogen) atoms. The van der Waals surface area contributed by atoms with E-state index in [0.29, 0.717) is 41.9 Å². The number of hydrogen-bond acceptors (Lipinski definition) is 7. The summed E-state index contributed by atoms with van der Waals surface area (Å²) < 4.78 is 12.4. The van der Waals surface area contributed by atoms with Crippen LogP contribution < -0.4 is 16.0 Å². The summed E-state index contributed by atoms with van der Waals surface area (Å²) in [5.74, 6) is 0.0711. The minimum atomic E-state index is -1.83. The number of fused-ring (bicyclic) bond motifs is 5. The molecule has 0 amide bonds. The molecule has 0 bridgehead atoms. The molecule has 1 aromatic carbocycles. The maximum absolute atomic E-state index is 13.4. The zero-order valence-corrected chi connectivity index (χ0v) is 19.1. The molecule has 6 rings (SSSR count). The first kappa shape index (κ1) is 21.9. The van der Waals surface area contributed by atoms with E-state index in [2.05, 4.69) is 0 Å². The lowest BCUT2D eigenvalue weighted by atomic mass is 9.84. The highest BCUT2D eigenvalue weighted by atomic mass is 35.5. The summed E-state index contributed by atoms with van der Waals surface area (Å²) in [5, 5.41) is 12.1. The van der Waals surface area contributed by atoms with Crippen LogP contribution in [0.2, 0.25) is 0 Å². The number of rotatable bonds is 2. The zero-order chi connectivity index (χ0) is 22.4. The van der Waals surface area contributed by atoms with Crippen LogP contribution in [0.3, 0.4) is 0 Å². The van der Waals surface area contributed by atoms with Gasteiger partial charge in [0, 0.05) is 28.1 Å². The molecule has 0 saturated carbocycles. The Kier molecular flexibility index (Phi) is 4.83. The number of carbonyl (C=O) groups excluding carboxylic acids is 1. The first-order valence-electron chi connectivity index (χ1n) is 10.8. The predicted octanol–water partition coefficient (Wildman–Crippen LogP) is 1.94. The summed E-state index contributed by atoms with van der Waals surface area (Å²) in [6.45, 7) is 1.93. The number of nitrogens with zero attached hydrogens (tertiary/aromatic N) is 2. The second-order valence-electron chi connectivity index (χ2n) is 8.83. The Bertz CT molecular complexity index is 1420. The summed E-state index contributed by atoms with van der Waals surface area (Å²) >= 11 is 0. The van der Waals surface area contributed by atoms with Gasteiger partial charge in [0.05, 0.1) is 36.1 Å². The normalized spacial score (nSPS) is 22.2. The van der Waals surface area contributed by atoms with Gasteiger partial charge in [-0.2, -0.15) is 0 Å². The van der Waals surface area contributed by atoms with E-state index < -0.39 is 11.6 Å². The van der Waals surface area contributed by atoms with Crippen LogP contribution >= 0.6 is 12.4 Å². The van der Waals surface area contributed by atoms with Crippen molar-refractivity contribution in [2.75, 3.05) is 7.11 Å². The van der Waals surface area contributed by atoms with Crippen molar-refractivity contribution in [2.24, 2.45) is 5.73 Å². The Balaban J connectivity index is 0.00000228. The van der Waals surface area contributed by atoms with Crippen molar-refractivity contribution in [2.45, 2.75) is 51.0 Å². The van der Waals surface area contributed by atoms with Crippen LogP contribution in [-0.2, 0) is 41.1 Å². The molecule has 3 aromatic rings. The van der Waals surface area contributed by atoms with Gasteiger partial charge in [-0.1, -0.05) is 6.92 Å². The molecule has 4 heterocycles. The number of halogens is 1. The molecular formula is C24H24ClN3O5. The molecule has 1 aliphatic carbocycles. The lowest BCUT2D eigenvalue weighted by Gasteiger charge is -2.31. The lowest BCUT2D eigenvalue weighted by Crippen LogP contribution is -2.44. The Morgan fingerprint density at radius 1 is 1.24 bits per heavy atom. The summed E-state index contributed by atoms with van der Waals surface area (Å²) in [6.07, 6.45) is 1.51. The van der Waals surface area contributed by atoms with E-state index in [9.17, 15) is 14.7 Å². The van der Waals surface area contributed by atoms with Gasteiger partial charge >= 0.3 is 5.97 Å². The van der Waals surface area contributed by atoms with Crippen molar-refractivity contribution >= 4 is 29.3 Å². The molecule has 8 nitrogen and oxygen atoms in total. The number of ether oxygens (including phenoxy) is 2. The van der Waals surface area contributed by atoms with E-state index in [0.717, 1.165) is 33.3 Å². The van der Waals surface area contributed by atoms with E-state index in [1.807, 2.05) is 12.1 Å². The largest absolute Gasteiger partial charge is 0.496 e. The number of aromatic nitrogens is 2. The van der Waals surface area contributed by atoms with Gasteiger partial charge in [0.25, 0.3) is 5.56 Å². The van der Waals surface area contributed by atoms with Gasteiger partial charge in [-0.05, 0) is 43.0 Å². The van der Waals surface area contributed by atoms with Crippen LogP contribution in [-0.4, -0.2) is 33.8 Å². The third-order valence-corrected chi connectivity index (χ3v) is 7.19. The molecule has 172 valence electrons. The molecule has 0 saturated heterocycles. The second-order valence-corrected chi connectivity index (χ2v) is 8.83. The number of hydrogen-bond donors (Lipinski definition) is 2. The van der Waals surface area contributed by atoms with E-state index in [1.54, 1.807) is 24.7 Å². The Hall–Kier alpha value is -2.94. The molecule has 0 radical (unpaired) electrons. The average molecular weight is 470 g/mol. The fraction of sp³-hybridized carbons (Fsp3) is 0.375. The summed E-state index contributed by atoms with van der Waals surface area (Å²) in [6, 6.07) is 5.51.